The van der Waals surface area contributed by atoms with Crippen molar-refractivity contribution in [3.05, 3.63) is 50.5 Å². The quantitative estimate of drug-likeness (QED) is 0.416. The molecule has 4 rings (SSSR count). The minimum atomic E-state index is -0.755. The molecule has 174 valence electrons. The van der Waals surface area contributed by atoms with Gasteiger partial charge >= 0.3 is 0 Å². The van der Waals surface area contributed by atoms with Gasteiger partial charge in [-0.2, -0.15) is 0 Å². The molecular weight excluding hydrogens is 444 g/mol. The third-order valence-corrected chi connectivity index (χ3v) is 6.53. The summed E-state index contributed by atoms with van der Waals surface area (Å²) in [5, 5.41) is 1.12. The van der Waals surface area contributed by atoms with Gasteiger partial charge in [-0.3, -0.25) is 14.3 Å². The van der Waals surface area contributed by atoms with E-state index < -0.39 is 6.04 Å². The fraction of sp³-hybridized carbons (Fsp3) is 0.435. The second-order valence-corrected chi connectivity index (χ2v) is 9.03. The summed E-state index contributed by atoms with van der Waals surface area (Å²) in [5.74, 6) is 0.809. The van der Waals surface area contributed by atoms with E-state index in [2.05, 4.69) is 14.9 Å². The highest BCUT2D eigenvalue weighted by Crippen LogP contribution is 2.25. The molecular formula is C23H26N4O5S. The van der Waals surface area contributed by atoms with Crippen LogP contribution in [0.1, 0.15) is 34.6 Å². The monoisotopic (exact) mass is 470 g/mol. The Hall–Kier alpha value is -2.95. The first-order valence-electron chi connectivity index (χ1n) is 10.9. The number of aryl methyl sites for hydroxylation is 1. The molecule has 1 aliphatic rings. The standard InChI is InChI=1S/C23H26N4O5S/c1-16-25-19-5-2-6-20(22(19)23(30)27(16)17(14-29)4-3-9-28)32-15-21-24-12-18(33-21)13-26-7-10-31-11-8-26/h2,5-6,9,12,14,17H,3-4,7-8,10-11,13,15H2,1H3. The van der Waals surface area contributed by atoms with E-state index in [9.17, 15) is 14.4 Å². The summed E-state index contributed by atoms with van der Waals surface area (Å²) in [6, 6.07) is 4.48. The van der Waals surface area contributed by atoms with Crippen molar-refractivity contribution in [3.63, 3.8) is 0 Å². The van der Waals surface area contributed by atoms with E-state index >= 15 is 0 Å². The molecule has 0 spiro atoms. The van der Waals surface area contributed by atoms with Crippen LogP contribution < -0.4 is 10.3 Å². The highest BCUT2D eigenvalue weighted by Gasteiger charge is 2.19. The van der Waals surface area contributed by atoms with Crippen LogP contribution >= 0.6 is 11.3 Å². The molecule has 0 N–H and O–H groups in total. The van der Waals surface area contributed by atoms with Crippen molar-refractivity contribution in [2.45, 2.75) is 39.0 Å². The summed E-state index contributed by atoms with van der Waals surface area (Å²) in [7, 11) is 0. The molecule has 10 heteroatoms. The van der Waals surface area contributed by atoms with Gasteiger partial charge in [0.2, 0.25) is 0 Å². The number of carbonyl (C=O) groups is 2. The number of hydrogen-bond donors (Lipinski definition) is 0. The molecule has 0 radical (unpaired) electrons. The lowest BCUT2D eigenvalue weighted by Crippen LogP contribution is -2.35. The maximum absolute atomic E-state index is 13.3. The van der Waals surface area contributed by atoms with E-state index in [1.54, 1.807) is 36.5 Å². The summed E-state index contributed by atoms with van der Waals surface area (Å²) < 4.78 is 12.7. The number of carbonyl (C=O) groups excluding carboxylic acids is 2. The van der Waals surface area contributed by atoms with Gasteiger partial charge in [-0.05, 0) is 25.5 Å². The molecule has 1 aromatic carbocycles. The Balaban J connectivity index is 1.55. The molecule has 0 saturated carbocycles. The lowest BCUT2D eigenvalue weighted by atomic mass is 10.1. The Bertz CT molecular complexity index is 1190. The van der Waals surface area contributed by atoms with Crippen LogP contribution in [0.2, 0.25) is 0 Å². The van der Waals surface area contributed by atoms with Gasteiger partial charge in [0, 0.05) is 37.1 Å². The fourth-order valence-corrected chi connectivity index (χ4v) is 4.82. The molecule has 0 amide bonds. The number of hydrogen-bond acceptors (Lipinski definition) is 9. The van der Waals surface area contributed by atoms with E-state index in [0.29, 0.717) is 28.8 Å². The van der Waals surface area contributed by atoms with Gasteiger partial charge in [-0.15, -0.1) is 11.3 Å². The van der Waals surface area contributed by atoms with Gasteiger partial charge in [0.25, 0.3) is 5.56 Å². The molecule has 1 saturated heterocycles. The highest BCUT2D eigenvalue weighted by atomic mass is 32.1. The second kappa shape index (κ2) is 10.8. The van der Waals surface area contributed by atoms with E-state index in [-0.39, 0.29) is 25.0 Å². The number of aldehydes is 2. The number of fused-ring (bicyclic) bond motifs is 1. The maximum atomic E-state index is 13.3. The first kappa shape index (κ1) is 23.2. The normalized spacial score (nSPS) is 15.4. The van der Waals surface area contributed by atoms with Crippen molar-refractivity contribution in [1.82, 2.24) is 19.4 Å². The van der Waals surface area contributed by atoms with E-state index in [1.165, 1.54) is 4.57 Å². The van der Waals surface area contributed by atoms with E-state index in [1.807, 2.05) is 6.20 Å². The molecule has 1 unspecified atom stereocenters. The van der Waals surface area contributed by atoms with Crippen LogP contribution in [0.15, 0.2) is 29.2 Å². The Morgan fingerprint density at radius 1 is 1.27 bits per heavy atom. The average Bonchev–Trinajstić information content (AvgIpc) is 3.27. The molecule has 0 bridgehead atoms. The number of morpholine rings is 1. The fourth-order valence-electron chi connectivity index (χ4n) is 3.94. The first-order valence-corrected chi connectivity index (χ1v) is 11.7. The predicted octanol–water partition coefficient (Wildman–Crippen LogP) is 2.29. The Labute approximate surface area is 195 Å². The Morgan fingerprint density at radius 3 is 2.85 bits per heavy atom. The lowest BCUT2D eigenvalue weighted by Gasteiger charge is -2.25. The number of ether oxygens (including phenoxy) is 2. The molecule has 0 aliphatic carbocycles. The zero-order chi connectivity index (χ0) is 23.2. The van der Waals surface area contributed by atoms with Gasteiger partial charge in [-0.1, -0.05) is 6.07 Å². The Kier molecular flexibility index (Phi) is 7.58. The largest absolute Gasteiger partial charge is 0.486 e. The number of rotatable bonds is 10. The van der Waals surface area contributed by atoms with E-state index in [4.69, 9.17) is 9.47 Å². The van der Waals surface area contributed by atoms with Crippen LogP contribution in [0.25, 0.3) is 10.9 Å². The van der Waals surface area contributed by atoms with Crippen LogP contribution in [-0.4, -0.2) is 58.3 Å². The van der Waals surface area contributed by atoms with Crippen molar-refractivity contribution in [2.24, 2.45) is 0 Å². The summed E-state index contributed by atoms with van der Waals surface area (Å²) in [6.07, 6.45) is 3.71. The minimum Gasteiger partial charge on any atom is -0.486 e. The Morgan fingerprint density at radius 2 is 2.09 bits per heavy atom. The topological polar surface area (TPSA) is 104 Å². The second-order valence-electron chi connectivity index (χ2n) is 7.83. The van der Waals surface area contributed by atoms with Gasteiger partial charge in [0.1, 0.15) is 41.1 Å². The van der Waals surface area contributed by atoms with Gasteiger partial charge in [0.15, 0.2) is 0 Å². The average molecular weight is 471 g/mol. The number of nitrogens with zero attached hydrogens (tertiary/aromatic N) is 4. The molecule has 3 heterocycles. The van der Waals surface area contributed by atoms with Gasteiger partial charge in [0.05, 0.1) is 24.8 Å². The van der Waals surface area contributed by atoms with Crippen molar-refractivity contribution >= 4 is 34.8 Å². The molecule has 3 aromatic rings. The molecule has 2 aromatic heterocycles. The zero-order valence-corrected chi connectivity index (χ0v) is 19.3. The van der Waals surface area contributed by atoms with Crippen molar-refractivity contribution < 1.29 is 19.1 Å². The van der Waals surface area contributed by atoms with Gasteiger partial charge in [-0.25, -0.2) is 9.97 Å². The van der Waals surface area contributed by atoms with E-state index in [0.717, 1.165) is 49.0 Å². The lowest BCUT2D eigenvalue weighted by molar-refractivity contribution is -0.111. The smallest absolute Gasteiger partial charge is 0.265 e. The van der Waals surface area contributed by atoms with Crippen LogP contribution in [0.3, 0.4) is 0 Å². The van der Waals surface area contributed by atoms with Crippen LogP contribution in [0.4, 0.5) is 0 Å². The highest BCUT2D eigenvalue weighted by molar-refractivity contribution is 7.11. The molecule has 1 fully saturated rings. The van der Waals surface area contributed by atoms with Crippen LogP contribution in [0.5, 0.6) is 5.75 Å². The van der Waals surface area contributed by atoms with Crippen molar-refractivity contribution in [1.29, 1.82) is 0 Å². The van der Waals surface area contributed by atoms with Gasteiger partial charge < -0.3 is 19.1 Å². The number of benzene rings is 1. The summed E-state index contributed by atoms with van der Waals surface area (Å²) in [4.78, 5) is 48.2. The third-order valence-electron chi connectivity index (χ3n) is 5.57. The molecule has 1 atom stereocenters. The summed E-state index contributed by atoms with van der Waals surface area (Å²) in [5.41, 5.74) is 0.140. The van der Waals surface area contributed by atoms with Crippen molar-refractivity contribution in [3.8, 4) is 5.75 Å². The number of aromatic nitrogens is 3. The van der Waals surface area contributed by atoms with Crippen LogP contribution in [0, 0.1) is 6.92 Å². The maximum Gasteiger partial charge on any atom is 0.265 e. The van der Waals surface area contributed by atoms with Crippen LogP contribution in [-0.2, 0) is 27.5 Å². The first-order chi connectivity index (χ1) is 16.1. The third kappa shape index (κ3) is 5.35. The summed E-state index contributed by atoms with van der Waals surface area (Å²) in [6.45, 7) is 6.05. The predicted molar refractivity (Wildman–Crippen MR) is 124 cm³/mol. The minimum absolute atomic E-state index is 0.183. The van der Waals surface area contributed by atoms with Crippen molar-refractivity contribution in [2.75, 3.05) is 26.3 Å². The molecule has 33 heavy (non-hydrogen) atoms. The SMILES string of the molecule is Cc1nc2cccc(OCc3ncc(CN4CCOCC4)s3)c2c(=O)n1C(C=O)CCC=O. The molecule has 1 aliphatic heterocycles. The molecule has 9 nitrogen and oxygen atoms in total. The summed E-state index contributed by atoms with van der Waals surface area (Å²) >= 11 is 1.58. The number of thiazole rings is 1. The zero-order valence-electron chi connectivity index (χ0n) is 18.4.